The molecule has 0 bridgehead atoms. The van der Waals surface area contributed by atoms with Crippen LogP contribution >= 0.6 is 28.1 Å². The molecular weight excluding hydrogens is 340 g/mol. The summed E-state index contributed by atoms with van der Waals surface area (Å²) in [5.74, 6) is -0.602. The van der Waals surface area contributed by atoms with Gasteiger partial charge >= 0.3 is 0 Å². The van der Waals surface area contributed by atoms with Gasteiger partial charge in [0.1, 0.15) is 22.1 Å². The number of pyridine rings is 1. The lowest BCUT2D eigenvalue weighted by Crippen LogP contribution is -2.16. The third kappa shape index (κ3) is 2.43. The molecule has 0 fully saturated rings. The zero-order valence-corrected chi connectivity index (χ0v) is 12.5. The number of rotatable bonds is 2. The van der Waals surface area contributed by atoms with Crippen LogP contribution < -0.4 is 11.5 Å². The summed E-state index contributed by atoms with van der Waals surface area (Å²) in [5.41, 5.74) is 12.4. The predicted molar refractivity (Wildman–Crippen MR) is 82.4 cm³/mol. The average molecular weight is 349 g/mol. The summed E-state index contributed by atoms with van der Waals surface area (Å²) >= 11 is 8.43. The maximum absolute atomic E-state index is 11.7. The zero-order valence-electron chi connectivity index (χ0n) is 10.1. The van der Waals surface area contributed by atoms with Gasteiger partial charge in [0.05, 0.1) is 5.56 Å². The normalized spacial score (nSPS) is 10.0. The number of hydrogen-bond acceptors (Lipinski definition) is 4. The number of hydrogen-bond donors (Lipinski definition) is 3. The number of aromatic amines is 1. The molecule has 0 aliphatic rings. The number of H-pyrrole nitrogens is 1. The molecule has 0 spiro atoms. The van der Waals surface area contributed by atoms with Crippen LogP contribution in [0.1, 0.15) is 15.9 Å². The molecule has 20 heavy (non-hydrogen) atoms. The Balaban J connectivity index is 2.96. The van der Waals surface area contributed by atoms with Crippen molar-refractivity contribution in [1.82, 2.24) is 4.98 Å². The number of halogens is 1. The van der Waals surface area contributed by atoms with Gasteiger partial charge in [0.15, 0.2) is 0 Å². The smallest absolute Gasteiger partial charge is 0.252 e. The van der Waals surface area contributed by atoms with E-state index in [-0.39, 0.29) is 21.6 Å². The fraction of sp³-hybridized carbons (Fsp3) is 0. The van der Waals surface area contributed by atoms with E-state index >= 15 is 0 Å². The number of anilines is 1. The monoisotopic (exact) mass is 348 g/mol. The maximum atomic E-state index is 11.7. The summed E-state index contributed by atoms with van der Waals surface area (Å²) in [4.78, 5) is 14.3. The molecule has 7 heteroatoms. The number of carbonyl (C=O) groups is 1. The van der Waals surface area contributed by atoms with E-state index in [1.54, 1.807) is 18.2 Å². The number of nitrogens with zero attached hydrogens (tertiary/aromatic N) is 1. The van der Waals surface area contributed by atoms with E-state index in [2.05, 4.69) is 20.9 Å². The minimum absolute atomic E-state index is 0.0869. The van der Waals surface area contributed by atoms with Crippen molar-refractivity contribution in [2.24, 2.45) is 5.73 Å². The SMILES string of the molecule is N#Cc1c(N)[nH]c(=S)c(C(N)=O)c1-c1cccc(Br)c1. The Morgan fingerprint density at radius 3 is 2.70 bits per heavy atom. The summed E-state index contributed by atoms with van der Waals surface area (Å²) in [6.45, 7) is 0. The second-order valence-electron chi connectivity index (χ2n) is 3.98. The Kier molecular flexibility index (Phi) is 3.88. The standard InChI is InChI=1S/C13H9BrN4OS/c14-7-3-1-2-6(4-7)9-8(5-15)11(16)18-13(20)10(9)12(17)19/h1-4H,(H2,17,19)(H3,16,18,20). The first-order chi connectivity index (χ1) is 9.45. The van der Waals surface area contributed by atoms with Crippen LogP contribution in [0.2, 0.25) is 0 Å². The number of nitrogen functional groups attached to an aromatic ring is 1. The summed E-state index contributed by atoms with van der Waals surface area (Å²) in [5, 5.41) is 9.28. The molecule has 1 heterocycles. The first-order valence-corrected chi connectivity index (χ1v) is 6.67. The van der Waals surface area contributed by atoms with Crippen molar-refractivity contribution >= 4 is 39.9 Å². The first kappa shape index (κ1) is 14.2. The van der Waals surface area contributed by atoms with Gasteiger partial charge in [-0.3, -0.25) is 4.79 Å². The Bertz CT molecular complexity index is 807. The second-order valence-corrected chi connectivity index (χ2v) is 5.30. The number of nitrogens with two attached hydrogens (primary N) is 2. The third-order valence-corrected chi connectivity index (χ3v) is 3.52. The maximum Gasteiger partial charge on any atom is 0.252 e. The zero-order chi connectivity index (χ0) is 14.9. The predicted octanol–water partition coefficient (Wildman–Crippen LogP) is 2.73. The molecule has 2 rings (SSSR count). The van der Waals surface area contributed by atoms with Crippen molar-refractivity contribution in [2.45, 2.75) is 0 Å². The number of primary amides is 1. The largest absolute Gasteiger partial charge is 0.384 e. The van der Waals surface area contributed by atoms with E-state index in [9.17, 15) is 10.1 Å². The van der Waals surface area contributed by atoms with Crippen molar-refractivity contribution in [2.75, 3.05) is 5.73 Å². The van der Waals surface area contributed by atoms with Gasteiger partial charge in [0.25, 0.3) is 5.91 Å². The number of amides is 1. The van der Waals surface area contributed by atoms with Crippen molar-refractivity contribution in [3.63, 3.8) is 0 Å². The molecule has 0 saturated heterocycles. The molecule has 0 saturated carbocycles. The molecule has 0 radical (unpaired) electrons. The minimum Gasteiger partial charge on any atom is -0.384 e. The van der Waals surface area contributed by atoms with Crippen LogP contribution in [0.25, 0.3) is 11.1 Å². The Morgan fingerprint density at radius 2 is 2.15 bits per heavy atom. The van der Waals surface area contributed by atoms with E-state index in [1.807, 2.05) is 12.1 Å². The van der Waals surface area contributed by atoms with E-state index in [0.29, 0.717) is 11.1 Å². The van der Waals surface area contributed by atoms with Gasteiger partial charge in [-0.15, -0.1) is 0 Å². The van der Waals surface area contributed by atoms with E-state index < -0.39 is 5.91 Å². The van der Waals surface area contributed by atoms with Crippen molar-refractivity contribution in [3.8, 4) is 17.2 Å². The Labute approximate surface area is 128 Å². The second kappa shape index (κ2) is 5.45. The summed E-state index contributed by atoms with van der Waals surface area (Å²) in [7, 11) is 0. The van der Waals surface area contributed by atoms with Crippen molar-refractivity contribution in [3.05, 3.63) is 44.5 Å². The molecule has 1 amide bonds. The summed E-state index contributed by atoms with van der Waals surface area (Å²) in [6, 6.07) is 9.10. The highest BCUT2D eigenvalue weighted by molar-refractivity contribution is 9.10. The fourth-order valence-electron chi connectivity index (χ4n) is 1.90. The quantitative estimate of drug-likeness (QED) is 0.724. The summed E-state index contributed by atoms with van der Waals surface area (Å²) < 4.78 is 0.913. The highest BCUT2D eigenvalue weighted by Gasteiger charge is 2.19. The number of aromatic nitrogens is 1. The van der Waals surface area contributed by atoms with Crippen LogP contribution in [0.15, 0.2) is 28.7 Å². The molecule has 5 N–H and O–H groups in total. The van der Waals surface area contributed by atoms with Crippen LogP contribution in [0, 0.1) is 16.0 Å². The number of carbonyl (C=O) groups excluding carboxylic acids is 1. The molecule has 2 aromatic rings. The van der Waals surface area contributed by atoms with Crippen LogP contribution in [-0.2, 0) is 0 Å². The van der Waals surface area contributed by atoms with Crippen LogP contribution in [0.5, 0.6) is 0 Å². The van der Waals surface area contributed by atoms with Gasteiger partial charge < -0.3 is 16.5 Å². The highest BCUT2D eigenvalue weighted by atomic mass is 79.9. The van der Waals surface area contributed by atoms with Crippen LogP contribution in [0.3, 0.4) is 0 Å². The third-order valence-electron chi connectivity index (χ3n) is 2.72. The number of benzene rings is 1. The highest BCUT2D eigenvalue weighted by Crippen LogP contribution is 2.32. The molecule has 5 nitrogen and oxygen atoms in total. The lowest BCUT2D eigenvalue weighted by molar-refractivity contribution is 0.1000. The van der Waals surface area contributed by atoms with E-state index in [4.69, 9.17) is 23.7 Å². The van der Waals surface area contributed by atoms with Crippen molar-refractivity contribution < 1.29 is 4.79 Å². The average Bonchev–Trinajstić information content (AvgIpc) is 2.37. The van der Waals surface area contributed by atoms with Gasteiger partial charge in [-0.05, 0) is 17.7 Å². The molecule has 0 aliphatic heterocycles. The Hall–Kier alpha value is -2.17. The van der Waals surface area contributed by atoms with Gasteiger partial charge in [0, 0.05) is 10.0 Å². The van der Waals surface area contributed by atoms with Crippen LogP contribution in [0.4, 0.5) is 5.82 Å². The van der Waals surface area contributed by atoms with E-state index in [0.717, 1.165) is 4.47 Å². The summed E-state index contributed by atoms with van der Waals surface area (Å²) in [6.07, 6.45) is 0. The molecule has 1 aromatic heterocycles. The van der Waals surface area contributed by atoms with Gasteiger partial charge in [-0.25, -0.2) is 0 Å². The van der Waals surface area contributed by atoms with Gasteiger partial charge in [-0.2, -0.15) is 5.26 Å². The van der Waals surface area contributed by atoms with Gasteiger partial charge in [-0.1, -0.05) is 40.3 Å². The topological polar surface area (TPSA) is 109 Å². The molecule has 0 unspecified atom stereocenters. The molecule has 1 aromatic carbocycles. The van der Waals surface area contributed by atoms with Crippen LogP contribution in [-0.4, -0.2) is 10.9 Å². The lowest BCUT2D eigenvalue weighted by atomic mass is 9.96. The number of nitriles is 1. The lowest BCUT2D eigenvalue weighted by Gasteiger charge is -2.12. The minimum atomic E-state index is -0.710. The fourth-order valence-corrected chi connectivity index (χ4v) is 2.62. The molecule has 0 aliphatic carbocycles. The Morgan fingerprint density at radius 1 is 1.45 bits per heavy atom. The van der Waals surface area contributed by atoms with Crippen molar-refractivity contribution in [1.29, 1.82) is 5.26 Å². The molecular formula is C13H9BrN4OS. The molecule has 100 valence electrons. The van der Waals surface area contributed by atoms with Gasteiger partial charge in [0.2, 0.25) is 0 Å². The number of nitrogens with one attached hydrogen (secondary N) is 1. The first-order valence-electron chi connectivity index (χ1n) is 5.47. The molecule has 0 atom stereocenters. The van der Waals surface area contributed by atoms with E-state index in [1.165, 1.54) is 0 Å².